The number of amides is 2. The van der Waals surface area contributed by atoms with Crippen LogP contribution in [-0.2, 0) is 11.3 Å². The quantitative estimate of drug-likeness (QED) is 0.539. The van der Waals surface area contributed by atoms with Gasteiger partial charge >= 0.3 is 0 Å². The predicted octanol–water partition coefficient (Wildman–Crippen LogP) is 4.73. The molecule has 1 aromatic heterocycles. The lowest BCUT2D eigenvalue weighted by Crippen LogP contribution is -2.45. The molecular formula is C26H30N2O4. The molecule has 0 bridgehead atoms. The zero-order chi connectivity index (χ0) is 22.5. The van der Waals surface area contributed by atoms with Gasteiger partial charge in [0.2, 0.25) is 5.91 Å². The molecule has 168 valence electrons. The van der Waals surface area contributed by atoms with Crippen molar-refractivity contribution in [3.8, 4) is 5.75 Å². The number of carbonyl (C=O) groups is 2. The molecule has 0 aliphatic carbocycles. The third-order valence-corrected chi connectivity index (χ3v) is 6.02. The SMILES string of the molecule is CCCOc1ccc2ccccc2c1CN(C)C(=O)C1CCCN(C(=O)c2ccco2)C1. The molecule has 6 nitrogen and oxygen atoms in total. The molecule has 1 fully saturated rings. The fourth-order valence-corrected chi connectivity index (χ4v) is 4.37. The van der Waals surface area contributed by atoms with Gasteiger partial charge in [0.05, 0.1) is 18.8 Å². The first kappa shape index (κ1) is 21.9. The number of fused-ring (bicyclic) bond motifs is 1. The summed E-state index contributed by atoms with van der Waals surface area (Å²) >= 11 is 0. The molecular weight excluding hydrogens is 404 g/mol. The molecule has 1 aliphatic rings. The van der Waals surface area contributed by atoms with E-state index in [0.29, 0.717) is 32.0 Å². The maximum Gasteiger partial charge on any atom is 0.289 e. The van der Waals surface area contributed by atoms with Crippen molar-refractivity contribution in [2.75, 3.05) is 26.7 Å². The zero-order valence-electron chi connectivity index (χ0n) is 18.8. The van der Waals surface area contributed by atoms with Crippen LogP contribution in [0.15, 0.2) is 59.2 Å². The topological polar surface area (TPSA) is 63.0 Å². The Balaban J connectivity index is 1.51. The van der Waals surface area contributed by atoms with E-state index < -0.39 is 0 Å². The lowest BCUT2D eigenvalue weighted by atomic mass is 9.95. The summed E-state index contributed by atoms with van der Waals surface area (Å²) < 4.78 is 11.3. The molecule has 32 heavy (non-hydrogen) atoms. The number of carbonyl (C=O) groups excluding carboxylic acids is 2. The molecule has 0 radical (unpaired) electrons. The second-order valence-electron chi connectivity index (χ2n) is 8.37. The highest BCUT2D eigenvalue weighted by Crippen LogP contribution is 2.30. The molecule has 2 amide bonds. The van der Waals surface area contributed by atoms with E-state index >= 15 is 0 Å². The lowest BCUT2D eigenvalue weighted by molar-refractivity contribution is -0.136. The summed E-state index contributed by atoms with van der Waals surface area (Å²) in [6.07, 6.45) is 3.99. The first-order chi connectivity index (χ1) is 15.6. The average Bonchev–Trinajstić information content (AvgIpc) is 3.37. The van der Waals surface area contributed by atoms with E-state index in [0.717, 1.165) is 41.3 Å². The number of furan rings is 1. The highest BCUT2D eigenvalue weighted by Gasteiger charge is 2.31. The molecule has 2 heterocycles. The van der Waals surface area contributed by atoms with Gasteiger partial charge in [-0.3, -0.25) is 9.59 Å². The summed E-state index contributed by atoms with van der Waals surface area (Å²) in [4.78, 5) is 29.5. The van der Waals surface area contributed by atoms with Gasteiger partial charge in [-0.2, -0.15) is 0 Å². The minimum absolute atomic E-state index is 0.0521. The van der Waals surface area contributed by atoms with Crippen molar-refractivity contribution < 1.29 is 18.7 Å². The van der Waals surface area contributed by atoms with Crippen LogP contribution in [0.3, 0.4) is 0 Å². The average molecular weight is 435 g/mol. The van der Waals surface area contributed by atoms with Crippen molar-refractivity contribution in [2.45, 2.75) is 32.7 Å². The van der Waals surface area contributed by atoms with E-state index in [1.165, 1.54) is 6.26 Å². The van der Waals surface area contributed by atoms with Gasteiger partial charge in [0.25, 0.3) is 5.91 Å². The first-order valence-corrected chi connectivity index (χ1v) is 11.3. The number of rotatable bonds is 7. The van der Waals surface area contributed by atoms with Gasteiger partial charge in [-0.05, 0) is 48.2 Å². The van der Waals surface area contributed by atoms with Gasteiger partial charge in [0.1, 0.15) is 5.75 Å². The monoisotopic (exact) mass is 434 g/mol. The Morgan fingerprint density at radius 1 is 1.16 bits per heavy atom. The Labute approximate surface area is 188 Å². The Bertz CT molecular complexity index is 1080. The summed E-state index contributed by atoms with van der Waals surface area (Å²) in [6.45, 7) is 4.23. The Morgan fingerprint density at radius 3 is 2.78 bits per heavy atom. The number of hydrogen-bond donors (Lipinski definition) is 0. The molecule has 1 aliphatic heterocycles. The highest BCUT2D eigenvalue weighted by atomic mass is 16.5. The number of nitrogens with zero attached hydrogens (tertiary/aromatic N) is 2. The second kappa shape index (κ2) is 9.90. The molecule has 0 N–H and O–H groups in total. The van der Waals surface area contributed by atoms with Crippen molar-refractivity contribution in [3.05, 3.63) is 66.1 Å². The van der Waals surface area contributed by atoms with Crippen LogP contribution in [0.5, 0.6) is 5.75 Å². The highest BCUT2D eigenvalue weighted by molar-refractivity contribution is 5.92. The van der Waals surface area contributed by atoms with E-state index in [2.05, 4.69) is 25.1 Å². The van der Waals surface area contributed by atoms with Crippen molar-refractivity contribution in [2.24, 2.45) is 5.92 Å². The van der Waals surface area contributed by atoms with E-state index in [9.17, 15) is 9.59 Å². The summed E-state index contributed by atoms with van der Waals surface area (Å²) in [5.74, 6) is 0.821. The number of likely N-dealkylation sites (tertiary alicyclic amines) is 1. The Kier molecular flexibility index (Phi) is 6.78. The van der Waals surface area contributed by atoms with Gasteiger partial charge in [0, 0.05) is 32.2 Å². The molecule has 6 heteroatoms. The number of benzene rings is 2. The molecule has 1 saturated heterocycles. The summed E-state index contributed by atoms with van der Waals surface area (Å²) in [5, 5.41) is 2.22. The minimum Gasteiger partial charge on any atom is -0.493 e. The molecule has 3 aromatic rings. The maximum atomic E-state index is 13.3. The van der Waals surface area contributed by atoms with E-state index in [-0.39, 0.29) is 17.7 Å². The fraction of sp³-hybridized carbons (Fsp3) is 0.385. The van der Waals surface area contributed by atoms with Crippen LogP contribution in [-0.4, -0.2) is 48.4 Å². The summed E-state index contributed by atoms with van der Waals surface area (Å²) in [5.41, 5.74) is 1.02. The normalized spacial score (nSPS) is 16.2. The fourth-order valence-electron chi connectivity index (χ4n) is 4.37. The van der Waals surface area contributed by atoms with E-state index in [4.69, 9.17) is 9.15 Å². The van der Waals surface area contributed by atoms with Crippen LogP contribution in [0.4, 0.5) is 0 Å². The number of piperidine rings is 1. The van der Waals surface area contributed by atoms with Crippen molar-refractivity contribution >= 4 is 22.6 Å². The predicted molar refractivity (Wildman–Crippen MR) is 124 cm³/mol. The van der Waals surface area contributed by atoms with Crippen molar-refractivity contribution in [1.29, 1.82) is 0 Å². The molecule has 2 aromatic carbocycles. The van der Waals surface area contributed by atoms with Crippen molar-refractivity contribution in [3.63, 3.8) is 0 Å². The van der Waals surface area contributed by atoms with Gasteiger partial charge < -0.3 is 19.0 Å². The lowest BCUT2D eigenvalue weighted by Gasteiger charge is -2.33. The van der Waals surface area contributed by atoms with Gasteiger partial charge in [-0.15, -0.1) is 0 Å². The summed E-state index contributed by atoms with van der Waals surface area (Å²) in [6, 6.07) is 15.6. The van der Waals surface area contributed by atoms with Crippen molar-refractivity contribution in [1.82, 2.24) is 9.80 Å². The van der Waals surface area contributed by atoms with Crippen LogP contribution in [0.2, 0.25) is 0 Å². The number of hydrogen-bond acceptors (Lipinski definition) is 4. The standard InChI is InChI=1S/C26H30N2O4/c1-3-15-31-23-13-12-19-8-4-5-10-21(19)22(23)18-27(2)25(29)20-9-6-14-28(17-20)26(30)24-11-7-16-32-24/h4-5,7-8,10-13,16,20H,3,6,9,14-15,17-18H2,1-2H3. The van der Waals surface area contributed by atoms with Gasteiger partial charge in [0.15, 0.2) is 5.76 Å². The smallest absolute Gasteiger partial charge is 0.289 e. The molecule has 1 atom stereocenters. The van der Waals surface area contributed by atoms with Crippen LogP contribution < -0.4 is 4.74 Å². The maximum absolute atomic E-state index is 13.3. The van der Waals surface area contributed by atoms with Gasteiger partial charge in [-0.1, -0.05) is 37.3 Å². The van der Waals surface area contributed by atoms with E-state index in [1.54, 1.807) is 21.9 Å². The Hall–Kier alpha value is -3.28. The molecule has 0 spiro atoms. The molecule has 1 unspecified atom stereocenters. The van der Waals surface area contributed by atoms with E-state index in [1.807, 2.05) is 25.2 Å². The molecule has 4 rings (SSSR count). The second-order valence-corrected chi connectivity index (χ2v) is 8.37. The minimum atomic E-state index is -0.220. The largest absolute Gasteiger partial charge is 0.493 e. The number of ether oxygens (including phenoxy) is 1. The van der Waals surface area contributed by atoms with Crippen LogP contribution in [0.25, 0.3) is 10.8 Å². The van der Waals surface area contributed by atoms with Crippen LogP contribution >= 0.6 is 0 Å². The van der Waals surface area contributed by atoms with Crippen LogP contribution in [0.1, 0.15) is 42.3 Å². The Morgan fingerprint density at radius 2 is 2.00 bits per heavy atom. The van der Waals surface area contributed by atoms with Crippen LogP contribution in [0, 0.1) is 5.92 Å². The first-order valence-electron chi connectivity index (χ1n) is 11.3. The van der Waals surface area contributed by atoms with Gasteiger partial charge in [-0.25, -0.2) is 0 Å². The third kappa shape index (κ3) is 4.64. The zero-order valence-corrected chi connectivity index (χ0v) is 18.8. The third-order valence-electron chi connectivity index (χ3n) is 6.02. The molecule has 0 saturated carbocycles. The summed E-state index contributed by atoms with van der Waals surface area (Å²) in [7, 11) is 1.83.